The molecule has 4 rings (SSSR count). The minimum atomic E-state index is 0.418. The van der Waals surface area contributed by atoms with Crippen molar-refractivity contribution in [3.63, 3.8) is 0 Å². The predicted octanol–water partition coefficient (Wildman–Crippen LogP) is 5.03. The van der Waals surface area contributed by atoms with Crippen molar-refractivity contribution < 1.29 is 4.74 Å². The third-order valence-corrected chi connectivity index (χ3v) is 5.91. The van der Waals surface area contributed by atoms with Crippen molar-refractivity contribution in [1.29, 1.82) is 0 Å². The Bertz CT molecular complexity index is 796. The fraction of sp³-hybridized carbons (Fsp3) is 0.350. The minimum absolute atomic E-state index is 0.418. The molecule has 3 nitrogen and oxygen atoms in total. The Morgan fingerprint density at radius 1 is 1.12 bits per heavy atom. The van der Waals surface area contributed by atoms with Gasteiger partial charge in [-0.15, -0.1) is 11.3 Å². The van der Waals surface area contributed by atoms with Crippen LogP contribution in [0.2, 0.25) is 0 Å². The van der Waals surface area contributed by atoms with Crippen LogP contribution in [0, 0.1) is 0 Å². The van der Waals surface area contributed by atoms with Gasteiger partial charge in [-0.1, -0.05) is 36.8 Å². The number of aromatic nitrogens is 1. The average molecular weight is 338 g/mol. The molecule has 24 heavy (non-hydrogen) atoms. The SMILES string of the molecule is COc1ccccc1CN1CCCC[C@H]1c1nc2ccccc2s1. The van der Waals surface area contributed by atoms with E-state index >= 15 is 0 Å². The van der Waals surface area contributed by atoms with Gasteiger partial charge in [-0.05, 0) is 37.6 Å². The molecule has 0 saturated carbocycles. The van der Waals surface area contributed by atoms with Crippen molar-refractivity contribution in [2.24, 2.45) is 0 Å². The summed E-state index contributed by atoms with van der Waals surface area (Å²) >= 11 is 1.84. The van der Waals surface area contributed by atoms with Gasteiger partial charge in [0.2, 0.25) is 0 Å². The highest BCUT2D eigenvalue weighted by Gasteiger charge is 2.27. The van der Waals surface area contributed by atoms with Crippen LogP contribution in [0.3, 0.4) is 0 Å². The van der Waals surface area contributed by atoms with E-state index in [1.54, 1.807) is 7.11 Å². The predicted molar refractivity (Wildman–Crippen MR) is 99.6 cm³/mol. The molecule has 1 aliphatic heterocycles. The van der Waals surface area contributed by atoms with Crippen LogP contribution in [0.15, 0.2) is 48.5 Å². The highest BCUT2D eigenvalue weighted by Crippen LogP contribution is 2.37. The van der Waals surface area contributed by atoms with Gasteiger partial charge in [-0.2, -0.15) is 0 Å². The first-order valence-electron chi connectivity index (χ1n) is 8.56. The summed E-state index contributed by atoms with van der Waals surface area (Å²) in [4.78, 5) is 7.48. The third-order valence-electron chi connectivity index (χ3n) is 4.78. The maximum Gasteiger partial charge on any atom is 0.123 e. The molecule has 2 aromatic carbocycles. The van der Waals surface area contributed by atoms with Crippen LogP contribution in [0.25, 0.3) is 10.2 Å². The highest BCUT2D eigenvalue weighted by molar-refractivity contribution is 7.18. The van der Waals surface area contributed by atoms with Gasteiger partial charge in [0.25, 0.3) is 0 Å². The van der Waals surface area contributed by atoms with Crippen molar-refractivity contribution in [2.45, 2.75) is 31.8 Å². The Kier molecular flexibility index (Phi) is 4.50. The first kappa shape index (κ1) is 15.6. The summed E-state index contributed by atoms with van der Waals surface area (Å²) in [5.74, 6) is 0.978. The summed E-state index contributed by atoms with van der Waals surface area (Å²) < 4.78 is 6.82. The lowest BCUT2D eigenvalue weighted by molar-refractivity contribution is 0.139. The Labute approximate surface area is 146 Å². The number of likely N-dealkylation sites (tertiary alicyclic amines) is 1. The second-order valence-electron chi connectivity index (χ2n) is 6.31. The summed E-state index contributed by atoms with van der Waals surface area (Å²) in [6.45, 7) is 2.04. The number of benzene rings is 2. The molecule has 1 aliphatic rings. The van der Waals surface area contributed by atoms with E-state index in [1.165, 1.54) is 34.5 Å². The van der Waals surface area contributed by atoms with Crippen LogP contribution in [0.1, 0.15) is 35.9 Å². The molecule has 1 atom stereocenters. The molecule has 4 heteroatoms. The van der Waals surface area contributed by atoms with Crippen molar-refractivity contribution in [1.82, 2.24) is 9.88 Å². The number of methoxy groups -OCH3 is 1. The Hall–Kier alpha value is -1.91. The molecule has 1 fully saturated rings. The van der Waals surface area contributed by atoms with Crippen molar-refractivity contribution in [3.8, 4) is 5.75 Å². The number of piperidine rings is 1. The molecule has 0 aliphatic carbocycles. The molecule has 0 amide bonds. The second kappa shape index (κ2) is 6.91. The normalized spacial score (nSPS) is 18.8. The summed E-state index contributed by atoms with van der Waals surface area (Å²) in [5.41, 5.74) is 2.38. The number of thiazole rings is 1. The Morgan fingerprint density at radius 3 is 2.83 bits per heavy atom. The van der Waals surface area contributed by atoms with Gasteiger partial charge in [0.1, 0.15) is 10.8 Å². The molecule has 0 radical (unpaired) electrons. The van der Waals surface area contributed by atoms with E-state index in [9.17, 15) is 0 Å². The van der Waals surface area contributed by atoms with Crippen molar-refractivity contribution in [2.75, 3.05) is 13.7 Å². The topological polar surface area (TPSA) is 25.4 Å². The van der Waals surface area contributed by atoms with E-state index < -0.39 is 0 Å². The molecule has 1 saturated heterocycles. The van der Waals surface area contributed by atoms with Crippen LogP contribution in [0.5, 0.6) is 5.75 Å². The third kappa shape index (κ3) is 3.04. The van der Waals surface area contributed by atoms with Crippen LogP contribution < -0.4 is 4.74 Å². The summed E-state index contributed by atoms with van der Waals surface area (Å²) in [5, 5.41) is 1.26. The van der Waals surface area contributed by atoms with E-state index in [0.29, 0.717) is 6.04 Å². The molecule has 0 N–H and O–H groups in total. The summed E-state index contributed by atoms with van der Waals surface area (Å²) in [6.07, 6.45) is 3.73. The zero-order valence-corrected chi connectivity index (χ0v) is 14.8. The molecule has 0 spiro atoms. The maximum absolute atomic E-state index is 5.54. The van der Waals surface area contributed by atoms with Crippen LogP contribution in [0.4, 0.5) is 0 Å². The first-order chi connectivity index (χ1) is 11.8. The molecule has 0 bridgehead atoms. The Morgan fingerprint density at radius 2 is 1.96 bits per heavy atom. The van der Waals surface area contributed by atoms with Gasteiger partial charge in [0.05, 0.1) is 23.4 Å². The number of hydrogen-bond donors (Lipinski definition) is 0. The number of fused-ring (bicyclic) bond motifs is 1. The fourth-order valence-electron chi connectivity index (χ4n) is 3.54. The van der Waals surface area contributed by atoms with Crippen molar-refractivity contribution in [3.05, 3.63) is 59.1 Å². The number of hydrogen-bond acceptors (Lipinski definition) is 4. The van der Waals surface area contributed by atoms with Gasteiger partial charge >= 0.3 is 0 Å². The molecular formula is C20H22N2OS. The zero-order chi connectivity index (χ0) is 16.4. The molecule has 124 valence electrons. The lowest BCUT2D eigenvalue weighted by Gasteiger charge is -2.34. The van der Waals surface area contributed by atoms with Gasteiger partial charge in [0, 0.05) is 12.1 Å². The van der Waals surface area contributed by atoms with E-state index in [-0.39, 0.29) is 0 Å². The zero-order valence-electron chi connectivity index (χ0n) is 13.9. The fourth-order valence-corrected chi connectivity index (χ4v) is 4.68. The van der Waals surface area contributed by atoms with E-state index in [0.717, 1.165) is 24.4 Å². The molecule has 0 unspecified atom stereocenters. The number of rotatable bonds is 4. The lowest BCUT2D eigenvalue weighted by atomic mass is 10.0. The van der Waals surface area contributed by atoms with E-state index in [4.69, 9.17) is 9.72 Å². The Balaban J connectivity index is 1.63. The lowest BCUT2D eigenvalue weighted by Crippen LogP contribution is -2.33. The molecule has 2 heterocycles. The number of para-hydroxylation sites is 2. The number of nitrogens with zero attached hydrogens (tertiary/aromatic N) is 2. The molecule has 3 aromatic rings. The largest absolute Gasteiger partial charge is 0.496 e. The van der Waals surface area contributed by atoms with E-state index in [2.05, 4.69) is 41.3 Å². The monoisotopic (exact) mass is 338 g/mol. The van der Waals surface area contributed by atoms with Crippen LogP contribution in [-0.4, -0.2) is 23.5 Å². The van der Waals surface area contributed by atoms with Gasteiger partial charge in [-0.3, -0.25) is 4.90 Å². The smallest absolute Gasteiger partial charge is 0.123 e. The standard InChI is InChI=1S/C20H22N2OS/c1-23-18-11-4-2-8-15(18)14-22-13-7-6-10-17(22)20-21-16-9-3-5-12-19(16)24-20/h2-5,8-9,11-12,17H,6-7,10,13-14H2,1H3/t17-/m0/s1. The molecular weight excluding hydrogens is 316 g/mol. The summed E-state index contributed by atoms with van der Waals surface area (Å²) in [6, 6.07) is 17.2. The van der Waals surface area contributed by atoms with Crippen LogP contribution >= 0.6 is 11.3 Å². The first-order valence-corrected chi connectivity index (χ1v) is 9.38. The van der Waals surface area contributed by atoms with Gasteiger partial charge < -0.3 is 4.74 Å². The summed E-state index contributed by atoms with van der Waals surface area (Å²) in [7, 11) is 1.75. The van der Waals surface area contributed by atoms with Gasteiger partial charge in [-0.25, -0.2) is 4.98 Å². The average Bonchev–Trinajstić information content (AvgIpc) is 3.06. The van der Waals surface area contributed by atoms with Gasteiger partial charge in [0.15, 0.2) is 0 Å². The van der Waals surface area contributed by atoms with Crippen LogP contribution in [-0.2, 0) is 6.54 Å². The molecule has 1 aromatic heterocycles. The quantitative estimate of drug-likeness (QED) is 0.667. The van der Waals surface area contributed by atoms with E-state index in [1.807, 2.05) is 23.5 Å². The van der Waals surface area contributed by atoms with Crippen molar-refractivity contribution >= 4 is 21.6 Å². The maximum atomic E-state index is 5.54. The number of ether oxygens (including phenoxy) is 1. The second-order valence-corrected chi connectivity index (χ2v) is 7.38. The highest BCUT2D eigenvalue weighted by atomic mass is 32.1. The minimum Gasteiger partial charge on any atom is -0.496 e.